The highest BCUT2D eigenvalue weighted by atomic mass is 35.5. The fraction of sp³-hybridized carbons (Fsp3) is 0.750. The number of unbranched alkanes of at least 4 members (excludes halogenated alkanes) is 18. The van der Waals surface area contributed by atoms with E-state index in [1.807, 2.05) is 0 Å². The quantitative estimate of drug-likeness (QED) is 0.0687. The van der Waals surface area contributed by atoms with Crippen molar-refractivity contribution in [1.29, 1.82) is 0 Å². The summed E-state index contributed by atoms with van der Waals surface area (Å²) in [6.07, 6.45) is 38.9. The van der Waals surface area contributed by atoms with Crippen LogP contribution in [0.1, 0.15) is 229 Å². The van der Waals surface area contributed by atoms with E-state index in [2.05, 4.69) is 65.8 Å². The van der Waals surface area contributed by atoms with Gasteiger partial charge in [0, 0.05) is 0 Å². The number of hydrogen-bond acceptors (Lipinski definition) is 1. The molecule has 0 aliphatic carbocycles. The SMILES string of the molecule is CCCCCCc1ccc(Oc2ccc(CCCCCC)c(CCCCCC)c2CCCCCC)c(CCCCCC)c1CCCCCC.Cl. The summed E-state index contributed by atoms with van der Waals surface area (Å²) >= 11 is 0. The van der Waals surface area contributed by atoms with E-state index in [0.717, 1.165) is 12.8 Å². The zero-order valence-electron chi connectivity index (χ0n) is 34.3. The summed E-state index contributed by atoms with van der Waals surface area (Å²) < 4.78 is 7.29. The van der Waals surface area contributed by atoms with E-state index in [4.69, 9.17) is 4.74 Å². The van der Waals surface area contributed by atoms with Crippen molar-refractivity contribution in [2.24, 2.45) is 0 Å². The summed E-state index contributed by atoms with van der Waals surface area (Å²) in [5, 5.41) is 0. The Morgan fingerprint density at radius 3 is 0.840 bits per heavy atom. The second-order valence-electron chi connectivity index (χ2n) is 15.3. The van der Waals surface area contributed by atoms with Gasteiger partial charge in [-0.25, -0.2) is 0 Å². The van der Waals surface area contributed by atoms with E-state index in [0.29, 0.717) is 0 Å². The molecule has 0 aromatic heterocycles. The summed E-state index contributed by atoms with van der Waals surface area (Å²) in [7, 11) is 0. The topological polar surface area (TPSA) is 9.23 Å². The first-order valence-corrected chi connectivity index (χ1v) is 22.1. The highest BCUT2D eigenvalue weighted by molar-refractivity contribution is 5.85. The Labute approximate surface area is 319 Å². The highest BCUT2D eigenvalue weighted by Gasteiger charge is 2.19. The molecule has 2 aromatic carbocycles. The molecule has 288 valence electrons. The Morgan fingerprint density at radius 1 is 0.300 bits per heavy atom. The number of ether oxygens (including phenoxy) is 1. The highest BCUT2D eigenvalue weighted by Crippen LogP contribution is 2.38. The Hall–Kier alpha value is -1.47. The van der Waals surface area contributed by atoms with Crippen LogP contribution >= 0.6 is 12.4 Å². The van der Waals surface area contributed by atoms with Gasteiger partial charge in [0.05, 0.1) is 0 Å². The number of benzene rings is 2. The van der Waals surface area contributed by atoms with Gasteiger partial charge >= 0.3 is 0 Å². The van der Waals surface area contributed by atoms with Crippen molar-refractivity contribution in [1.82, 2.24) is 0 Å². The van der Waals surface area contributed by atoms with Gasteiger partial charge in [-0.05, 0) is 123 Å². The van der Waals surface area contributed by atoms with E-state index in [9.17, 15) is 0 Å². The Balaban J connectivity index is 0.0000125. The molecule has 0 saturated heterocycles. The third kappa shape index (κ3) is 18.3. The van der Waals surface area contributed by atoms with Crippen LogP contribution in [0.5, 0.6) is 11.5 Å². The minimum Gasteiger partial charge on any atom is -0.457 e. The van der Waals surface area contributed by atoms with Crippen molar-refractivity contribution in [3.05, 3.63) is 57.6 Å². The molecule has 1 nitrogen and oxygen atoms in total. The van der Waals surface area contributed by atoms with Gasteiger partial charge in [-0.3, -0.25) is 0 Å². The van der Waals surface area contributed by atoms with Crippen molar-refractivity contribution >= 4 is 12.4 Å². The number of aryl methyl sites for hydroxylation is 2. The van der Waals surface area contributed by atoms with Crippen molar-refractivity contribution in [3.63, 3.8) is 0 Å². The van der Waals surface area contributed by atoms with Gasteiger partial charge in [-0.2, -0.15) is 0 Å². The van der Waals surface area contributed by atoms with Crippen LogP contribution in [-0.2, 0) is 38.5 Å². The average Bonchev–Trinajstić information content (AvgIpc) is 3.11. The smallest absolute Gasteiger partial charge is 0.130 e. The molecule has 0 spiro atoms. The molecule has 0 radical (unpaired) electrons. The maximum absolute atomic E-state index is 7.29. The lowest BCUT2D eigenvalue weighted by Crippen LogP contribution is -2.07. The molecule has 0 atom stereocenters. The summed E-state index contributed by atoms with van der Waals surface area (Å²) in [6.45, 7) is 14.0. The summed E-state index contributed by atoms with van der Waals surface area (Å²) in [6, 6.07) is 9.72. The predicted octanol–water partition coefficient (Wildman–Crippen LogP) is 16.6. The van der Waals surface area contributed by atoms with Gasteiger partial charge in [-0.15, -0.1) is 12.4 Å². The average molecular weight is 712 g/mol. The van der Waals surface area contributed by atoms with Crippen molar-refractivity contribution in [2.45, 2.75) is 234 Å². The van der Waals surface area contributed by atoms with E-state index < -0.39 is 0 Å². The standard InChI is InChI=1S/C48H82O.ClH/c1-7-13-19-25-31-41-37-39-47(45(35-29-23-17-11-5)43(41)33-27-21-15-9-3)49-48-40-38-42(32-26-20-14-8-2)44(34-28-22-16-10-4)46(48)36-30-24-18-12-6;/h37-40H,7-36H2,1-6H3;1H. The Bertz CT molecular complexity index is 1000. The second kappa shape index (κ2) is 31.1. The molecular weight excluding hydrogens is 628 g/mol. The van der Waals surface area contributed by atoms with Gasteiger partial charge < -0.3 is 4.74 Å². The number of rotatable bonds is 32. The Morgan fingerprint density at radius 2 is 0.560 bits per heavy atom. The molecule has 0 aliphatic heterocycles. The van der Waals surface area contributed by atoms with E-state index in [1.54, 1.807) is 33.4 Å². The molecule has 0 N–H and O–H groups in total. The molecule has 0 bridgehead atoms. The molecule has 50 heavy (non-hydrogen) atoms. The van der Waals surface area contributed by atoms with Crippen molar-refractivity contribution in [3.8, 4) is 11.5 Å². The number of hydrogen-bond donors (Lipinski definition) is 0. The fourth-order valence-corrected chi connectivity index (χ4v) is 7.79. The van der Waals surface area contributed by atoms with Gasteiger partial charge in [0.25, 0.3) is 0 Å². The van der Waals surface area contributed by atoms with Crippen LogP contribution in [0.15, 0.2) is 24.3 Å². The molecule has 2 heteroatoms. The monoisotopic (exact) mass is 711 g/mol. The Kier molecular flexibility index (Phi) is 28.9. The fourth-order valence-electron chi connectivity index (χ4n) is 7.79. The van der Waals surface area contributed by atoms with Crippen LogP contribution in [0.2, 0.25) is 0 Å². The summed E-state index contributed by atoms with van der Waals surface area (Å²) in [5.74, 6) is 2.34. The molecule has 0 saturated carbocycles. The third-order valence-corrected chi connectivity index (χ3v) is 10.9. The molecular formula is C48H83ClO. The van der Waals surface area contributed by atoms with Crippen LogP contribution in [-0.4, -0.2) is 0 Å². The van der Waals surface area contributed by atoms with Crippen LogP contribution in [0.4, 0.5) is 0 Å². The first-order valence-electron chi connectivity index (χ1n) is 22.1. The first-order chi connectivity index (χ1) is 24.1. The summed E-state index contributed by atoms with van der Waals surface area (Å²) in [5.41, 5.74) is 9.63. The number of halogens is 1. The predicted molar refractivity (Wildman–Crippen MR) is 227 cm³/mol. The van der Waals surface area contributed by atoms with E-state index >= 15 is 0 Å². The van der Waals surface area contributed by atoms with Crippen LogP contribution in [0.25, 0.3) is 0 Å². The molecule has 0 amide bonds. The van der Waals surface area contributed by atoms with Crippen LogP contribution < -0.4 is 4.74 Å². The molecule has 0 aliphatic rings. The minimum atomic E-state index is 0. The normalized spacial score (nSPS) is 11.2. The van der Waals surface area contributed by atoms with Crippen molar-refractivity contribution < 1.29 is 4.74 Å². The van der Waals surface area contributed by atoms with Gasteiger partial charge in [0.15, 0.2) is 0 Å². The largest absolute Gasteiger partial charge is 0.457 e. The van der Waals surface area contributed by atoms with Crippen LogP contribution in [0, 0.1) is 0 Å². The minimum absolute atomic E-state index is 0. The third-order valence-electron chi connectivity index (χ3n) is 10.9. The molecule has 0 fully saturated rings. The molecule has 2 aromatic rings. The lowest BCUT2D eigenvalue weighted by molar-refractivity contribution is 0.462. The van der Waals surface area contributed by atoms with Crippen LogP contribution in [0.3, 0.4) is 0 Å². The second-order valence-corrected chi connectivity index (χ2v) is 15.3. The zero-order valence-corrected chi connectivity index (χ0v) is 35.2. The molecule has 2 rings (SSSR count). The van der Waals surface area contributed by atoms with Gasteiger partial charge in [-0.1, -0.05) is 169 Å². The van der Waals surface area contributed by atoms with E-state index in [1.165, 1.54) is 191 Å². The lowest BCUT2D eigenvalue weighted by Gasteiger charge is -2.23. The zero-order chi connectivity index (χ0) is 35.4. The first kappa shape index (κ1) is 46.6. The summed E-state index contributed by atoms with van der Waals surface area (Å²) in [4.78, 5) is 0. The van der Waals surface area contributed by atoms with E-state index in [-0.39, 0.29) is 12.4 Å². The molecule has 0 unspecified atom stereocenters. The maximum atomic E-state index is 7.29. The lowest BCUT2D eigenvalue weighted by atomic mass is 9.88. The van der Waals surface area contributed by atoms with Crippen molar-refractivity contribution in [2.75, 3.05) is 0 Å². The maximum Gasteiger partial charge on any atom is 0.130 e. The van der Waals surface area contributed by atoms with Gasteiger partial charge in [0.1, 0.15) is 11.5 Å². The van der Waals surface area contributed by atoms with Gasteiger partial charge in [0.2, 0.25) is 0 Å². The molecule has 0 heterocycles.